The number of nitrogens with one attached hydrogen (secondary N) is 2. The van der Waals surface area contributed by atoms with Gasteiger partial charge in [0, 0.05) is 43.2 Å². The number of amides is 4. The largest absolute Gasteiger partial charge is 0.508 e. The number of benzene rings is 3. The lowest BCUT2D eigenvalue weighted by Crippen LogP contribution is -2.76. The average Bonchev–Trinajstić information content (AvgIpc) is 3.50. The Morgan fingerprint density at radius 3 is 2.56 bits per heavy atom. The highest BCUT2D eigenvalue weighted by Gasteiger charge is 2.51. The second-order valence-corrected chi connectivity index (χ2v) is 10.9. The van der Waals surface area contributed by atoms with Crippen molar-refractivity contribution in [2.24, 2.45) is 0 Å². The zero-order chi connectivity index (χ0) is 29.9. The lowest BCUT2D eigenvalue weighted by molar-refractivity contribution is -0.189. The topological polar surface area (TPSA) is 112 Å². The maximum atomic E-state index is 14.2. The van der Waals surface area contributed by atoms with Crippen LogP contribution in [0.15, 0.2) is 97.7 Å². The number of H-pyrrole nitrogens is 1. The Balaban J connectivity index is 1.36. The Morgan fingerprint density at radius 2 is 1.79 bits per heavy atom. The summed E-state index contributed by atoms with van der Waals surface area (Å²) in [4.78, 5) is 48.4. The Hall–Kier alpha value is -5.09. The van der Waals surface area contributed by atoms with E-state index in [2.05, 4.69) is 16.9 Å². The molecule has 0 bridgehead atoms. The number of hydrazine groups is 1. The lowest BCUT2D eigenvalue weighted by Gasteiger charge is -2.55. The summed E-state index contributed by atoms with van der Waals surface area (Å²) >= 11 is 0. The molecule has 10 nitrogen and oxygen atoms in total. The third-order valence-corrected chi connectivity index (χ3v) is 8.08. The molecular weight excluding hydrogens is 544 g/mol. The van der Waals surface area contributed by atoms with Crippen LogP contribution < -0.4 is 5.32 Å². The van der Waals surface area contributed by atoms with Crippen molar-refractivity contribution in [1.29, 1.82) is 0 Å². The first-order chi connectivity index (χ1) is 20.9. The number of nitrogens with zero attached hydrogens (tertiary/aromatic N) is 4. The Morgan fingerprint density at radius 1 is 1.00 bits per heavy atom. The third kappa shape index (κ3) is 5.69. The molecular formula is C33H34N6O4. The fourth-order valence-electron chi connectivity index (χ4n) is 6.05. The number of rotatable bonds is 8. The molecule has 2 atom stereocenters. The van der Waals surface area contributed by atoms with E-state index in [1.807, 2.05) is 60.8 Å². The minimum absolute atomic E-state index is 0.0662. The zero-order valence-corrected chi connectivity index (χ0v) is 23.7. The van der Waals surface area contributed by atoms with Crippen LogP contribution in [0.25, 0.3) is 10.9 Å². The van der Waals surface area contributed by atoms with Crippen molar-refractivity contribution in [2.45, 2.75) is 31.7 Å². The highest BCUT2D eigenvalue weighted by molar-refractivity contribution is 5.92. The summed E-state index contributed by atoms with van der Waals surface area (Å²) in [5, 5.41) is 17.1. The molecule has 3 N–H and O–H groups in total. The molecule has 2 saturated heterocycles. The van der Waals surface area contributed by atoms with E-state index in [0.717, 1.165) is 27.6 Å². The van der Waals surface area contributed by atoms with Gasteiger partial charge in [-0.2, -0.15) is 0 Å². The van der Waals surface area contributed by atoms with Gasteiger partial charge in [-0.25, -0.2) is 14.8 Å². The van der Waals surface area contributed by atoms with Crippen molar-refractivity contribution in [3.05, 3.63) is 114 Å². The molecule has 10 heteroatoms. The minimum atomic E-state index is -0.837. The standard InChI is InChI=1S/C33H34N6O4/c1-2-17-37-22-31(41)38-29(18-23-11-13-26(40)14-12-23)32(42)36(20-25-9-6-10-28-27(25)15-16-34-28)21-30(38)39(37)33(43)35-19-24-7-4-3-5-8-24/h2-16,29-30,34,40H,1,17-22H2,(H,35,43)/t29-,30-/m0/s1. The van der Waals surface area contributed by atoms with Gasteiger partial charge < -0.3 is 25.2 Å². The Bertz CT molecular complexity index is 1640. The SMILES string of the molecule is C=CCN1CC(=O)N2[C@@H](Cc3ccc(O)cc3)C(=O)N(Cc3cccc4[nH]ccc34)C[C@@H]2N1C(=O)NCc1ccccc1. The number of aromatic amines is 1. The van der Waals surface area contributed by atoms with Gasteiger partial charge in [0.05, 0.1) is 13.1 Å². The fourth-order valence-corrected chi connectivity index (χ4v) is 6.05. The van der Waals surface area contributed by atoms with Gasteiger partial charge in [-0.15, -0.1) is 6.58 Å². The first-order valence-corrected chi connectivity index (χ1v) is 14.3. The van der Waals surface area contributed by atoms with Gasteiger partial charge in [0.2, 0.25) is 11.8 Å². The second-order valence-electron chi connectivity index (χ2n) is 10.9. The first-order valence-electron chi connectivity index (χ1n) is 14.3. The van der Waals surface area contributed by atoms with Crippen LogP contribution >= 0.6 is 0 Å². The highest BCUT2D eigenvalue weighted by atomic mass is 16.3. The molecule has 0 aliphatic carbocycles. The molecule has 3 heterocycles. The van der Waals surface area contributed by atoms with Gasteiger partial charge in [0.1, 0.15) is 18.0 Å². The molecule has 2 fully saturated rings. The van der Waals surface area contributed by atoms with Crippen molar-refractivity contribution in [2.75, 3.05) is 19.6 Å². The number of carbonyl (C=O) groups is 3. The smallest absolute Gasteiger partial charge is 0.334 e. The molecule has 0 radical (unpaired) electrons. The van der Waals surface area contributed by atoms with Gasteiger partial charge in [-0.1, -0.05) is 60.7 Å². The van der Waals surface area contributed by atoms with Gasteiger partial charge in [-0.3, -0.25) is 9.59 Å². The van der Waals surface area contributed by atoms with E-state index >= 15 is 0 Å². The number of hydrogen-bond donors (Lipinski definition) is 3. The molecule has 3 aromatic carbocycles. The number of aromatic nitrogens is 1. The molecule has 0 unspecified atom stereocenters. The molecule has 2 aliphatic heterocycles. The summed E-state index contributed by atoms with van der Waals surface area (Å²) in [5.74, 6) is -0.302. The molecule has 43 heavy (non-hydrogen) atoms. The number of carbonyl (C=O) groups excluding carboxylic acids is 3. The molecule has 2 aliphatic rings. The van der Waals surface area contributed by atoms with Crippen molar-refractivity contribution in [3.8, 4) is 5.75 Å². The summed E-state index contributed by atoms with van der Waals surface area (Å²) in [6, 6.07) is 23.0. The van der Waals surface area contributed by atoms with E-state index < -0.39 is 12.2 Å². The average molecular weight is 579 g/mol. The summed E-state index contributed by atoms with van der Waals surface area (Å²) in [6.07, 6.45) is 3.04. The Labute approximate surface area is 249 Å². The van der Waals surface area contributed by atoms with Crippen molar-refractivity contribution < 1.29 is 19.5 Å². The summed E-state index contributed by atoms with van der Waals surface area (Å²) in [6.45, 7) is 4.84. The number of phenolic OH excluding ortho intramolecular Hbond substituents is 1. The van der Waals surface area contributed by atoms with Crippen LogP contribution in [-0.4, -0.2) is 79.6 Å². The summed E-state index contributed by atoms with van der Waals surface area (Å²) in [7, 11) is 0. The summed E-state index contributed by atoms with van der Waals surface area (Å²) < 4.78 is 0. The maximum absolute atomic E-state index is 14.2. The number of phenols is 1. The van der Waals surface area contributed by atoms with Crippen molar-refractivity contribution in [1.82, 2.24) is 30.1 Å². The van der Waals surface area contributed by atoms with Crippen LogP contribution in [0.5, 0.6) is 5.75 Å². The van der Waals surface area contributed by atoms with Crippen LogP contribution in [-0.2, 0) is 29.1 Å². The van der Waals surface area contributed by atoms with Crippen molar-refractivity contribution >= 4 is 28.7 Å². The minimum Gasteiger partial charge on any atom is -0.508 e. The molecule has 220 valence electrons. The Kier molecular flexibility index (Phi) is 7.84. The monoisotopic (exact) mass is 578 g/mol. The molecule has 0 saturated carbocycles. The third-order valence-electron chi connectivity index (χ3n) is 8.08. The van der Waals surface area contributed by atoms with E-state index in [9.17, 15) is 19.5 Å². The molecule has 1 aromatic heterocycles. The van der Waals surface area contributed by atoms with Crippen LogP contribution in [0.4, 0.5) is 4.79 Å². The van der Waals surface area contributed by atoms with Crippen LogP contribution in [0, 0.1) is 0 Å². The predicted molar refractivity (Wildman–Crippen MR) is 162 cm³/mol. The first kappa shape index (κ1) is 28.0. The lowest BCUT2D eigenvalue weighted by atomic mass is 9.98. The van der Waals surface area contributed by atoms with Gasteiger partial charge in [0.25, 0.3) is 0 Å². The number of hydrogen-bond acceptors (Lipinski definition) is 5. The fraction of sp³-hybridized carbons (Fsp3) is 0.242. The molecule has 6 rings (SSSR count). The van der Waals surface area contributed by atoms with Gasteiger partial charge >= 0.3 is 6.03 Å². The van der Waals surface area contributed by atoms with Crippen LogP contribution in [0.1, 0.15) is 16.7 Å². The molecule has 4 aromatic rings. The number of piperazine rings is 1. The zero-order valence-electron chi connectivity index (χ0n) is 23.7. The van der Waals surface area contributed by atoms with E-state index in [-0.39, 0.29) is 49.7 Å². The maximum Gasteiger partial charge on any atom is 0.334 e. The van der Waals surface area contributed by atoms with Crippen LogP contribution in [0.2, 0.25) is 0 Å². The normalized spacial score (nSPS) is 19.0. The number of urea groups is 1. The van der Waals surface area contributed by atoms with E-state index in [1.54, 1.807) is 50.2 Å². The van der Waals surface area contributed by atoms with E-state index in [4.69, 9.17) is 0 Å². The van der Waals surface area contributed by atoms with Gasteiger partial charge in [0.15, 0.2) is 0 Å². The van der Waals surface area contributed by atoms with Crippen LogP contribution in [0.3, 0.4) is 0 Å². The van der Waals surface area contributed by atoms with Gasteiger partial charge in [-0.05, 0) is 41.0 Å². The quantitative estimate of drug-likeness (QED) is 0.277. The molecule has 0 spiro atoms. The second kappa shape index (κ2) is 12.0. The highest BCUT2D eigenvalue weighted by Crippen LogP contribution is 2.30. The van der Waals surface area contributed by atoms with E-state index in [1.165, 1.54) is 0 Å². The van der Waals surface area contributed by atoms with Crippen molar-refractivity contribution in [3.63, 3.8) is 0 Å². The number of fused-ring (bicyclic) bond motifs is 2. The van der Waals surface area contributed by atoms with E-state index in [0.29, 0.717) is 13.1 Å². The molecule has 4 amide bonds. The number of aromatic hydroxyl groups is 1. The summed E-state index contributed by atoms with van der Waals surface area (Å²) in [5.41, 5.74) is 3.68. The predicted octanol–water partition coefficient (Wildman–Crippen LogP) is 3.61.